The number of hydrogen-bond donors (Lipinski definition) is 1. The predicted molar refractivity (Wildman–Crippen MR) is 155 cm³/mol. The third kappa shape index (κ3) is 4.53. The van der Waals surface area contributed by atoms with Crippen LogP contribution in [0.3, 0.4) is 0 Å². The Hall–Kier alpha value is -2.58. The summed E-state index contributed by atoms with van der Waals surface area (Å²) in [5.41, 5.74) is 0.771. The van der Waals surface area contributed by atoms with Crippen molar-refractivity contribution < 1.29 is 19.5 Å². The number of β-amino-alcohol motifs (C(OH)–C–C–N with tert-alkyl or cyclic N) is 1. The van der Waals surface area contributed by atoms with E-state index in [0.29, 0.717) is 19.5 Å². The molecule has 3 heterocycles. The van der Waals surface area contributed by atoms with Crippen LogP contribution in [0.4, 0.5) is 5.69 Å². The molecule has 4 fully saturated rings. The fraction of sp³-hybridized carbons (Fsp3) is 0.581. The van der Waals surface area contributed by atoms with Crippen molar-refractivity contribution in [3.8, 4) is 0 Å². The molecule has 1 aliphatic carbocycles. The minimum absolute atomic E-state index is 0.0537. The number of benzene rings is 1. The van der Waals surface area contributed by atoms with Crippen molar-refractivity contribution in [2.75, 3.05) is 31.1 Å². The number of hydrogen-bond acceptors (Lipinski definition) is 5. The fourth-order valence-electron chi connectivity index (χ4n) is 7.76. The molecule has 1 aromatic rings. The van der Waals surface area contributed by atoms with Crippen LogP contribution < -0.4 is 4.90 Å². The first-order valence-corrected chi connectivity index (χ1v) is 15.1. The standard InChI is InChI=1S/C31H41N3O4S/c1-4-18-32(22-12-8-6-9-13-22)27(36)24-25-28(37)34(20-21-35)26(31(25)17-16-30(24,3)39-31)29(38)33(19-5-2)23-14-10-7-11-15-23/h4-6,8-9,12-13,23-26,35H,1-2,7,10-11,14-21H2,3H3/t24-,25+,26?,30+,31?/m1/s1. The highest BCUT2D eigenvalue weighted by Crippen LogP contribution is 2.71. The average molecular weight is 552 g/mol. The van der Waals surface area contributed by atoms with Crippen molar-refractivity contribution in [2.45, 2.75) is 73.4 Å². The summed E-state index contributed by atoms with van der Waals surface area (Å²) in [7, 11) is 0. The quantitative estimate of drug-likeness (QED) is 0.444. The molecule has 1 spiro atoms. The molecule has 3 aliphatic heterocycles. The Balaban J connectivity index is 1.54. The summed E-state index contributed by atoms with van der Waals surface area (Å²) in [6.45, 7) is 10.5. The van der Waals surface area contributed by atoms with E-state index >= 15 is 0 Å². The van der Waals surface area contributed by atoms with Gasteiger partial charge < -0.3 is 19.8 Å². The lowest BCUT2D eigenvalue weighted by Gasteiger charge is -2.41. The average Bonchev–Trinajstić information content (AvgIpc) is 3.51. The van der Waals surface area contributed by atoms with Gasteiger partial charge in [0.2, 0.25) is 17.7 Å². The van der Waals surface area contributed by atoms with Crippen molar-refractivity contribution in [3.05, 3.63) is 55.6 Å². The van der Waals surface area contributed by atoms with Gasteiger partial charge in [-0.15, -0.1) is 24.9 Å². The lowest BCUT2D eigenvalue weighted by atomic mass is 9.66. The van der Waals surface area contributed by atoms with E-state index in [1.807, 2.05) is 35.2 Å². The maximum Gasteiger partial charge on any atom is 0.247 e. The van der Waals surface area contributed by atoms with Gasteiger partial charge in [0, 0.05) is 36.1 Å². The molecular formula is C31H41N3O4S. The monoisotopic (exact) mass is 551 g/mol. The maximum atomic E-state index is 14.5. The number of likely N-dealkylation sites (tertiary alicyclic amines) is 1. The molecule has 5 rings (SSSR count). The molecule has 2 bridgehead atoms. The van der Waals surface area contributed by atoms with E-state index in [2.05, 4.69) is 20.1 Å². The fourth-order valence-corrected chi connectivity index (χ4v) is 10.1. The van der Waals surface area contributed by atoms with Crippen LogP contribution in [-0.2, 0) is 14.4 Å². The largest absolute Gasteiger partial charge is 0.395 e. The third-order valence-electron chi connectivity index (χ3n) is 9.39. The second-order valence-corrected chi connectivity index (χ2v) is 13.5. The highest BCUT2D eigenvalue weighted by atomic mass is 32.2. The molecule has 4 aliphatic rings. The summed E-state index contributed by atoms with van der Waals surface area (Å²) in [5, 5.41) is 9.97. The molecule has 3 saturated heterocycles. The van der Waals surface area contributed by atoms with Gasteiger partial charge in [-0.2, -0.15) is 0 Å². The van der Waals surface area contributed by atoms with Gasteiger partial charge in [0.25, 0.3) is 0 Å². The first-order chi connectivity index (χ1) is 18.8. The van der Waals surface area contributed by atoms with Gasteiger partial charge in [0.15, 0.2) is 0 Å². The molecule has 1 saturated carbocycles. The zero-order valence-electron chi connectivity index (χ0n) is 23.0. The normalized spacial score (nSPS) is 31.7. The van der Waals surface area contributed by atoms with Gasteiger partial charge in [-0.3, -0.25) is 14.4 Å². The lowest BCUT2D eigenvalue weighted by molar-refractivity contribution is -0.144. The summed E-state index contributed by atoms with van der Waals surface area (Å²) in [6.07, 6.45) is 10.2. The van der Waals surface area contributed by atoms with Crippen molar-refractivity contribution >= 4 is 35.2 Å². The van der Waals surface area contributed by atoms with E-state index in [0.717, 1.165) is 37.8 Å². The van der Waals surface area contributed by atoms with E-state index in [1.165, 1.54) is 6.42 Å². The Kier molecular flexibility index (Phi) is 7.98. The van der Waals surface area contributed by atoms with E-state index in [1.54, 1.807) is 33.7 Å². The SMILES string of the molecule is C=CCN(C(=O)[C@H]1[C@H]2C(=O)N(CCO)C(C(=O)N(CC=C)C3CCCCC3)C23CC[C@]1(C)S3)c1ccccc1. The minimum atomic E-state index is -0.696. The summed E-state index contributed by atoms with van der Waals surface area (Å²) in [5.74, 6) is -1.50. The Labute approximate surface area is 236 Å². The van der Waals surface area contributed by atoms with Crippen LogP contribution >= 0.6 is 11.8 Å². The van der Waals surface area contributed by atoms with Gasteiger partial charge in [0.1, 0.15) is 6.04 Å². The minimum Gasteiger partial charge on any atom is -0.395 e. The molecule has 0 radical (unpaired) electrons. The molecule has 1 N–H and O–H groups in total. The van der Waals surface area contributed by atoms with E-state index < -0.39 is 27.4 Å². The number of para-hydroxylation sites is 1. The van der Waals surface area contributed by atoms with Crippen LogP contribution in [0.25, 0.3) is 0 Å². The number of carbonyl (C=O) groups excluding carboxylic acids is 3. The third-order valence-corrected chi connectivity index (χ3v) is 11.4. The molecular weight excluding hydrogens is 510 g/mol. The molecule has 39 heavy (non-hydrogen) atoms. The molecule has 0 aromatic heterocycles. The van der Waals surface area contributed by atoms with Gasteiger partial charge in [-0.25, -0.2) is 0 Å². The number of fused-ring (bicyclic) bond motifs is 1. The Morgan fingerprint density at radius 3 is 2.41 bits per heavy atom. The number of nitrogens with zero attached hydrogens (tertiary/aromatic N) is 3. The molecule has 1 aromatic carbocycles. The number of amides is 3. The van der Waals surface area contributed by atoms with Gasteiger partial charge >= 0.3 is 0 Å². The number of thioether (sulfide) groups is 1. The highest BCUT2D eigenvalue weighted by Gasteiger charge is 2.77. The summed E-state index contributed by atoms with van der Waals surface area (Å²) >= 11 is 1.68. The highest BCUT2D eigenvalue weighted by molar-refractivity contribution is 8.02. The summed E-state index contributed by atoms with van der Waals surface area (Å²) < 4.78 is -1.15. The predicted octanol–water partition coefficient (Wildman–Crippen LogP) is 4.03. The Morgan fingerprint density at radius 2 is 1.77 bits per heavy atom. The first kappa shape index (κ1) is 28.0. The molecule has 7 nitrogen and oxygen atoms in total. The molecule has 210 valence electrons. The molecule has 2 unspecified atom stereocenters. The number of carbonyl (C=O) groups is 3. The zero-order valence-corrected chi connectivity index (χ0v) is 23.8. The van der Waals surface area contributed by atoms with Crippen LogP contribution in [0.2, 0.25) is 0 Å². The van der Waals surface area contributed by atoms with Crippen LogP contribution in [0.1, 0.15) is 51.9 Å². The number of aliphatic hydroxyl groups excluding tert-OH is 1. The second-order valence-electron chi connectivity index (χ2n) is 11.6. The topological polar surface area (TPSA) is 81.2 Å². The number of rotatable bonds is 10. The van der Waals surface area contributed by atoms with E-state index in [9.17, 15) is 19.5 Å². The Bertz CT molecular complexity index is 1120. The van der Waals surface area contributed by atoms with Crippen LogP contribution in [-0.4, -0.2) is 80.4 Å². The first-order valence-electron chi connectivity index (χ1n) is 14.3. The number of aliphatic hydroxyl groups is 1. The Morgan fingerprint density at radius 1 is 1.08 bits per heavy atom. The van der Waals surface area contributed by atoms with Gasteiger partial charge in [-0.1, -0.05) is 49.6 Å². The van der Waals surface area contributed by atoms with E-state index in [-0.39, 0.29) is 36.9 Å². The van der Waals surface area contributed by atoms with Crippen molar-refractivity contribution in [2.24, 2.45) is 11.8 Å². The lowest BCUT2D eigenvalue weighted by Crippen LogP contribution is -2.57. The van der Waals surface area contributed by atoms with E-state index in [4.69, 9.17) is 0 Å². The van der Waals surface area contributed by atoms with Crippen LogP contribution in [0, 0.1) is 11.8 Å². The molecule has 3 amide bonds. The molecule has 5 atom stereocenters. The van der Waals surface area contributed by atoms with Crippen LogP contribution in [0.15, 0.2) is 55.6 Å². The van der Waals surface area contributed by atoms with Crippen molar-refractivity contribution in [3.63, 3.8) is 0 Å². The van der Waals surface area contributed by atoms with Crippen molar-refractivity contribution in [1.82, 2.24) is 9.80 Å². The maximum absolute atomic E-state index is 14.5. The van der Waals surface area contributed by atoms with Gasteiger partial charge in [-0.05, 0) is 44.7 Å². The molecule has 8 heteroatoms. The summed E-state index contributed by atoms with van der Waals surface area (Å²) in [6, 6.07) is 8.94. The second kappa shape index (κ2) is 11.1. The smallest absolute Gasteiger partial charge is 0.247 e. The van der Waals surface area contributed by atoms with Crippen LogP contribution in [0.5, 0.6) is 0 Å². The zero-order chi connectivity index (χ0) is 27.8. The summed E-state index contributed by atoms with van der Waals surface area (Å²) in [4.78, 5) is 48.4. The number of anilines is 1. The van der Waals surface area contributed by atoms with Gasteiger partial charge in [0.05, 0.1) is 23.2 Å². The van der Waals surface area contributed by atoms with Crippen molar-refractivity contribution in [1.29, 1.82) is 0 Å².